The van der Waals surface area contributed by atoms with Crippen LogP contribution in [0.4, 0.5) is 0 Å². The second kappa shape index (κ2) is 5.89. The molecule has 0 bridgehead atoms. The Bertz CT molecular complexity index is 525. The van der Waals surface area contributed by atoms with Crippen molar-refractivity contribution < 1.29 is 4.74 Å². The molecule has 0 amide bonds. The highest BCUT2D eigenvalue weighted by atomic mass is 35.5. The summed E-state index contributed by atoms with van der Waals surface area (Å²) < 4.78 is 6.89. The van der Waals surface area contributed by atoms with Crippen LogP contribution in [0.15, 0.2) is 30.5 Å². The Morgan fingerprint density at radius 2 is 2.28 bits per heavy atom. The monoisotopic (exact) mass is 265 g/mol. The molecule has 2 rings (SSSR count). The molecule has 0 atom stereocenters. The summed E-state index contributed by atoms with van der Waals surface area (Å²) in [7, 11) is 1.64. The van der Waals surface area contributed by atoms with E-state index in [2.05, 4.69) is 5.10 Å². The standard InChI is InChI=1S/C13H16ClN3O/c1-18-12-6-2-5-11(8-12)17-13(14)10(9-16-17)4-3-7-15/h2,5-6,8-9H,3-4,7,15H2,1H3. The fourth-order valence-electron chi connectivity index (χ4n) is 1.75. The minimum atomic E-state index is 0.636. The molecule has 4 nitrogen and oxygen atoms in total. The van der Waals surface area contributed by atoms with Crippen LogP contribution >= 0.6 is 11.6 Å². The molecule has 0 aliphatic rings. The SMILES string of the molecule is COc1cccc(-n2ncc(CCCN)c2Cl)c1. The number of methoxy groups -OCH3 is 1. The quantitative estimate of drug-likeness (QED) is 0.903. The smallest absolute Gasteiger partial charge is 0.136 e. The number of ether oxygens (including phenoxy) is 1. The lowest BCUT2D eigenvalue weighted by atomic mass is 10.2. The van der Waals surface area contributed by atoms with Gasteiger partial charge in [-0.25, -0.2) is 4.68 Å². The van der Waals surface area contributed by atoms with Gasteiger partial charge >= 0.3 is 0 Å². The van der Waals surface area contributed by atoms with Gasteiger partial charge in [0.25, 0.3) is 0 Å². The van der Waals surface area contributed by atoms with E-state index in [1.807, 2.05) is 24.3 Å². The molecule has 0 aliphatic carbocycles. The topological polar surface area (TPSA) is 53.1 Å². The first-order valence-corrected chi connectivity index (χ1v) is 6.21. The third-order valence-corrected chi connectivity index (χ3v) is 3.13. The van der Waals surface area contributed by atoms with Crippen LogP contribution in [-0.2, 0) is 6.42 Å². The summed E-state index contributed by atoms with van der Waals surface area (Å²) in [6.07, 6.45) is 3.54. The Balaban J connectivity index is 2.30. The second-order valence-electron chi connectivity index (χ2n) is 3.97. The number of aryl methyl sites for hydroxylation is 1. The van der Waals surface area contributed by atoms with Crippen molar-refractivity contribution in [2.24, 2.45) is 5.73 Å². The van der Waals surface area contributed by atoms with Gasteiger partial charge < -0.3 is 10.5 Å². The van der Waals surface area contributed by atoms with Crippen molar-refractivity contribution in [2.45, 2.75) is 12.8 Å². The van der Waals surface area contributed by atoms with E-state index in [1.165, 1.54) is 0 Å². The first-order valence-electron chi connectivity index (χ1n) is 5.83. The summed E-state index contributed by atoms with van der Waals surface area (Å²) in [5, 5.41) is 4.94. The lowest BCUT2D eigenvalue weighted by Crippen LogP contribution is -2.01. The molecule has 1 heterocycles. The van der Waals surface area contributed by atoms with E-state index in [0.717, 1.165) is 29.8 Å². The average molecular weight is 266 g/mol. The summed E-state index contributed by atoms with van der Waals surface area (Å²) in [6.45, 7) is 0.653. The van der Waals surface area contributed by atoms with Crippen LogP contribution in [0.1, 0.15) is 12.0 Å². The van der Waals surface area contributed by atoms with Crippen molar-refractivity contribution >= 4 is 11.6 Å². The number of hydrogen-bond donors (Lipinski definition) is 1. The van der Waals surface area contributed by atoms with Crippen molar-refractivity contribution in [3.63, 3.8) is 0 Å². The molecule has 0 spiro atoms. The van der Waals surface area contributed by atoms with Crippen LogP contribution in [-0.4, -0.2) is 23.4 Å². The zero-order valence-corrected chi connectivity index (χ0v) is 11.0. The van der Waals surface area contributed by atoms with Crippen LogP contribution in [0, 0.1) is 0 Å². The Morgan fingerprint density at radius 3 is 3.00 bits per heavy atom. The van der Waals surface area contributed by atoms with E-state index >= 15 is 0 Å². The van der Waals surface area contributed by atoms with E-state index in [1.54, 1.807) is 18.0 Å². The number of aromatic nitrogens is 2. The fourth-order valence-corrected chi connectivity index (χ4v) is 2.03. The Morgan fingerprint density at radius 1 is 1.44 bits per heavy atom. The number of hydrogen-bond acceptors (Lipinski definition) is 3. The van der Waals surface area contributed by atoms with Crippen molar-refractivity contribution in [2.75, 3.05) is 13.7 Å². The zero-order chi connectivity index (χ0) is 13.0. The minimum Gasteiger partial charge on any atom is -0.497 e. The van der Waals surface area contributed by atoms with Gasteiger partial charge in [-0.2, -0.15) is 5.10 Å². The highest BCUT2D eigenvalue weighted by Gasteiger charge is 2.10. The zero-order valence-electron chi connectivity index (χ0n) is 10.3. The van der Waals surface area contributed by atoms with Crippen LogP contribution in [0.25, 0.3) is 5.69 Å². The van der Waals surface area contributed by atoms with E-state index in [-0.39, 0.29) is 0 Å². The number of rotatable bonds is 5. The highest BCUT2D eigenvalue weighted by molar-refractivity contribution is 6.30. The van der Waals surface area contributed by atoms with Crippen molar-refractivity contribution in [1.82, 2.24) is 9.78 Å². The van der Waals surface area contributed by atoms with Crippen LogP contribution in [0.3, 0.4) is 0 Å². The molecular weight excluding hydrogens is 250 g/mol. The summed E-state index contributed by atoms with van der Waals surface area (Å²) in [6, 6.07) is 7.63. The summed E-state index contributed by atoms with van der Waals surface area (Å²) in [4.78, 5) is 0. The molecule has 1 aromatic heterocycles. The molecule has 0 fully saturated rings. The van der Waals surface area contributed by atoms with Gasteiger partial charge in [0.15, 0.2) is 0 Å². The molecule has 2 N–H and O–H groups in total. The first kappa shape index (κ1) is 12.9. The molecule has 0 radical (unpaired) electrons. The van der Waals surface area contributed by atoms with Crippen LogP contribution < -0.4 is 10.5 Å². The number of benzene rings is 1. The number of nitrogens with zero attached hydrogens (tertiary/aromatic N) is 2. The second-order valence-corrected chi connectivity index (χ2v) is 4.32. The summed E-state index contributed by atoms with van der Waals surface area (Å²) in [5.74, 6) is 0.780. The van der Waals surface area contributed by atoms with Crippen molar-refractivity contribution in [1.29, 1.82) is 0 Å². The Labute approximate surface area is 111 Å². The molecule has 96 valence electrons. The molecule has 0 saturated heterocycles. The molecule has 0 unspecified atom stereocenters. The van der Waals surface area contributed by atoms with Gasteiger partial charge in [0.1, 0.15) is 10.9 Å². The first-order chi connectivity index (χ1) is 8.76. The normalized spacial score (nSPS) is 10.6. The van der Waals surface area contributed by atoms with Crippen LogP contribution in [0.5, 0.6) is 5.75 Å². The summed E-state index contributed by atoms with van der Waals surface area (Å²) in [5.41, 5.74) is 7.40. The fraction of sp³-hybridized carbons (Fsp3) is 0.308. The van der Waals surface area contributed by atoms with Gasteiger partial charge in [-0.3, -0.25) is 0 Å². The van der Waals surface area contributed by atoms with Crippen molar-refractivity contribution in [3.05, 3.63) is 41.2 Å². The lowest BCUT2D eigenvalue weighted by Gasteiger charge is -2.06. The largest absolute Gasteiger partial charge is 0.497 e. The molecular formula is C13H16ClN3O. The van der Waals surface area contributed by atoms with Gasteiger partial charge in [0.05, 0.1) is 19.0 Å². The number of nitrogens with two attached hydrogens (primary N) is 1. The van der Waals surface area contributed by atoms with Gasteiger partial charge in [-0.15, -0.1) is 0 Å². The molecule has 0 aliphatic heterocycles. The van der Waals surface area contributed by atoms with Gasteiger partial charge in [-0.1, -0.05) is 17.7 Å². The van der Waals surface area contributed by atoms with Gasteiger partial charge in [0, 0.05) is 11.6 Å². The third-order valence-electron chi connectivity index (χ3n) is 2.73. The van der Waals surface area contributed by atoms with E-state index < -0.39 is 0 Å². The van der Waals surface area contributed by atoms with Crippen molar-refractivity contribution in [3.8, 4) is 11.4 Å². The molecule has 5 heteroatoms. The predicted molar refractivity (Wildman–Crippen MR) is 72.5 cm³/mol. The van der Waals surface area contributed by atoms with E-state index in [0.29, 0.717) is 11.7 Å². The van der Waals surface area contributed by atoms with E-state index in [4.69, 9.17) is 22.1 Å². The van der Waals surface area contributed by atoms with E-state index in [9.17, 15) is 0 Å². The Kier molecular flexibility index (Phi) is 4.23. The number of halogens is 1. The maximum absolute atomic E-state index is 6.31. The molecule has 1 aromatic carbocycles. The molecule has 2 aromatic rings. The highest BCUT2D eigenvalue weighted by Crippen LogP contribution is 2.23. The Hall–Kier alpha value is -1.52. The average Bonchev–Trinajstić information content (AvgIpc) is 2.78. The maximum atomic E-state index is 6.31. The maximum Gasteiger partial charge on any atom is 0.136 e. The lowest BCUT2D eigenvalue weighted by molar-refractivity contribution is 0.414. The van der Waals surface area contributed by atoms with Gasteiger partial charge in [0.2, 0.25) is 0 Å². The predicted octanol–water partition coefficient (Wildman–Crippen LogP) is 2.43. The summed E-state index contributed by atoms with van der Waals surface area (Å²) >= 11 is 6.31. The van der Waals surface area contributed by atoms with Crippen LogP contribution in [0.2, 0.25) is 5.15 Å². The molecule has 0 saturated carbocycles. The molecule has 18 heavy (non-hydrogen) atoms. The van der Waals surface area contributed by atoms with Gasteiger partial charge in [-0.05, 0) is 31.5 Å². The minimum absolute atomic E-state index is 0.636. The third kappa shape index (κ3) is 2.66.